The number of allylic oxidation sites excluding steroid dienone is 3. The van der Waals surface area contributed by atoms with Crippen LogP contribution < -0.4 is 0 Å². The molecule has 0 aromatic carbocycles. The quantitative estimate of drug-likeness (QED) is 0.543. The fourth-order valence-corrected chi connectivity index (χ4v) is 3.72. The SMILES string of the molecule is C[B]C1=CP(OCC)OC(C2CCCCC2)=C1. The zero-order valence-electron chi connectivity index (χ0n) is 10.8. The van der Waals surface area contributed by atoms with Gasteiger partial charge in [0, 0.05) is 5.92 Å². The average molecular weight is 251 g/mol. The molecule has 4 heteroatoms. The Kier molecular flexibility index (Phi) is 5.12. The van der Waals surface area contributed by atoms with E-state index in [1.165, 1.54) is 43.3 Å². The fourth-order valence-electron chi connectivity index (χ4n) is 2.41. The molecule has 93 valence electrons. The number of rotatable bonds is 4. The molecule has 0 aromatic heterocycles. The monoisotopic (exact) mass is 251 g/mol. The molecule has 1 atom stereocenters. The van der Waals surface area contributed by atoms with Gasteiger partial charge in [0.1, 0.15) is 13.0 Å². The topological polar surface area (TPSA) is 18.5 Å². The van der Waals surface area contributed by atoms with Gasteiger partial charge in [0.05, 0.1) is 6.61 Å². The van der Waals surface area contributed by atoms with E-state index in [1.807, 2.05) is 6.92 Å². The molecule has 0 amide bonds. The average Bonchev–Trinajstić information content (AvgIpc) is 2.40. The summed E-state index contributed by atoms with van der Waals surface area (Å²) < 4.78 is 11.6. The van der Waals surface area contributed by atoms with Crippen molar-refractivity contribution in [3.8, 4) is 0 Å². The molecule has 1 fully saturated rings. The molecule has 2 aliphatic rings. The van der Waals surface area contributed by atoms with Crippen molar-refractivity contribution in [2.45, 2.75) is 45.9 Å². The van der Waals surface area contributed by atoms with Gasteiger partial charge in [-0.05, 0) is 31.7 Å². The van der Waals surface area contributed by atoms with Crippen molar-refractivity contribution in [3.05, 3.63) is 23.1 Å². The Hall–Kier alpha value is -0.265. The standard InChI is InChI=1S/C13H21BO2P/c1-3-15-17-10-12(14-2)9-13(16-17)11-7-5-4-6-8-11/h9-11H,3-8H2,1-2H3. The molecule has 0 spiro atoms. The maximum Gasteiger partial charge on any atom is 0.256 e. The van der Waals surface area contributed by atoms with Gasteiger partial charge in [-0.2, -0.15) is 0 Å². The van der Waals surface area contributed by atoms with Crippen molar-refractivity contribution in [2.75, 3.05) is 6.61 Å². The van der Waals surface area contributed by atoms with Gasteiger partial charge < -0.3 is 9.05 Å². The van der Waals surface area contributed by atoms with Crippen LogP contribution in [0.2, 0.25) is 6.82 Å². The summed E-state index contributed by atoms with van der Waals surface area (Å²) in [6, 6.07) is 0. The van der Waals surface area contributed by atoms with Crippen LogP contribution in [-0.2, 0) is 9.05 Å². The molecule has 1 aliphatic carbocycles. The van der Waals surface area contributed by atoms with E-state index in [0.29, 0.717) is 5.92 Å². The second-order valence-electron chi connectivity index (χ2n) is 4.59. The molecular weight excluding hydrogens is 230 g/mol. The minimum Gasteiger partial charge on any atom is -0.448 e. The van der Waals surface area contributed by atoms with E-state index in [4.69, 9.17) is 9.05 Å². The lowest BCUT2D eigenvalue weighted by Gasteiger charge is -2.29. The molecule has 1 saturated carbocycles. The molecule has 17 heavy (non-hydrogen) atoms. The maximum absolute atomic E-state index is 6.01. The van der Waals surface area contributed by atoms with E-state index in [2.05, 4.69) is 26.0 Å². The summed E-state index contributed by atoms with van der Waals surface area (Å²) >= 11 is 0. The van der Waals surface area contributed by atoms with Crippen LogP contribution in [0.5, 0.6) is 0 Å². The summed E-state index contributed by atoms with van der Waals surface area (Å²) in [4.78, 5) is 0. The molecule has 1 radical (unpaired) electrons. The van der Waals surface area contributed by atoms with Crippen LogP contribution in [0.4, 0.5) is 0 Å². The predicted molar refractivity (Wildman–Crippen MR) is 74.0 cm³/mol. The maximum atomic E-state index is 6.01. The van der Waals surface area contributed by atoms with Crippen molar-refractivity contribution in [1.29, 1.82) is 0 Å². The third-order valence-corrected chi connectivity index (χ3v) is 4.77. The van der Waals surface area contributed by atoms with Gasteiger partial charge in [0.2, 0.25) is 0 Å². The van der Waals surface area contributed by atoms with Crippen molar-refractivity contribution >= 4 is 15.7 Å². The lowest BCUT2D eigenvalue weighted by molar-refractivity contribution is 0.259. The Labute approximate surface area is 107 Å². The highest BCUT2D eigenvalue weighted by Crippen LogP contribution is 2.49. The van der Waals surface area contributed by atoms with Gasteiger partial charge >= 0.3 is 0 Å². The third kappa shape index (κ3) is 3.59. The second kappa shape index (κ2) is 6.61. The zero-order valence-corrected chi connectivity index (χ0v) is 11.7. The van der Waals surface area contributed by atoms with E-state index in [1.54, 1.807) is 0 Å². The first-order valence-electron chi connectivity index (χ1n) is 6.66. The Morgan fingerprint density at radius 3 is 2.82 bits per heavy atom. The predicted octanol–water partition coefficient (Wildman–Crippen LogP) is 4.42. The molecule has 0 aromatic rings. The van der Waals surface area contributed by atoms with Crippen LogP contribution in [0.25, 0.3) is 0 Å². The van der Waals surface area contributed by atoms with E-state index in [-0.39, 0.29) is 0 Å². The van der Waals surface area contributed by atoms with E-state index in [9.17, 15) is 0 Å². The van der Waals surface area contributed by atoms with Crippen LogP contribution in [0.1, 0.15) is 39.0 Å². The summed E-state index contributed by atoms with van der Waals surface area (Å²) in [5.74, 6) is 3.91. The van der Waals surface area contributed by atoms with Crippen LogP contribution >= 0.6 is 8.38 Å². The Morgan fingerprint density at radius 2 is 2.18 bits per heavy atom. The molecular formula is C13H21BO2P. The molecule has 2 rings (SSSR count). The first-order valence-corrected chi connectivity index (χ1v) is 7.91. The van der Waals surface area contributed by atoms with Crippen LogP contribution in [0.15, 0.2) is 23.1 Å². The van der Waals surface area contributed by atoms with Gasteiger partial charge in [-0.25, -0.2) is 0 Å². The minimum absolute atomic E-state index is 0.623. The van der Waals surface area contributed by atoms with Gasteiger partial charge in [0.25, 0.3) is 8.38 Å². The van der Waals surface area contributed by atoms with Gasteiger partial charge in [-0.1, -0.05) is 31.6 Å². The lowest BCUT2D eigenvalue weighted by atomic mass is 9.72. The van der Waals surface area contributed by atoms with Crippen molar-refractivity contribution in [3.63, 3.8) is 0 Å². The number of hydrogen-bond acceptors (Lipinski definition) is 2. The second-order valence-corrected chi connectivity index (χ2v) is 5.86. The summed E-state index contributed by atoms with van der Waals surface area (Å²) in [7, 11) is 1.30. The van der Waals surface area contributed by atoms with E-state index >= 15 is 0 Å². The molecule has 2 nitrogen and oxygen atoms in total. The Morgan fingerprint density at radius 1 is 1.41 bits per heavy atom. The molecule has 1 unspecified atom stereocenters. The molecule has 1 aliphatic heterocycles. The summed E-state index contributed by atoms with van der Waals surface area (Å²) in [6.07, 6.45) is 8.82. The van der Waals surface area contributed by atoms with Crippen LogP contribution in [0.3, 0.4) is 0 Å². The normalized spacial score (nSPS) is 25.9. The fraction of sp³-hybridized carbons (Fsp3) is 0.692. The lowest BCUT2D eigenvalue weighted by Crippen LogP contribution is -2.13. The van der Waals surface area contributed by atoms with E-state index in [0.717, 1.165) is 6.61 Å². The van der Waals surface area contributed by atoms with Crippen LogP contribution in [-0.4, -0.2) is 13.9 Å². The first-order chi connectivity index (χ1) is 8.33. The first kappa shape index (κ1) is 13.2. The zero-order chi connectivity index (χ0) is 12.1. The molecule has 1 heterocycles. The minimum atomic E-state index is -0.843. The Balaban J connectivity index is 2.05. The summed E-state index contributed by atoms with van der Waals surface area (Å²) in [5, 5.41) is 0. The highest BCUT2D eigenvalue weighted by atomic mass is 31.2. The van der Waals surface area contributed by atoms with Crippen LogP contribution in [0, 0.1) is 5.92 Å². The van der Waals surface area contributed by atoms with Crippen molar-refractivity contribution in [2.24, 2.45) is 5.92 Å². The molecule has 0 saturated heterocycles. The van der Waals surface area contributed by atoms with Crippen molar-refractivity contribution < 1.29 is 9.05 Å². The van der Waals surface area contributed by atoms with Gasteiger partial charge in [-0.3, -0.25) is 0 Å². The van der Waals surface area contributed by atoms with E-state index < -0.39 is 8.38 Å². The summed E-state index contributed by atoms with van der Waals surface area (Å²) in [5.41, 5.74) is 1.26. The molecule has 0 N–H and O–H groups in total. The Bertz CT molecular complexity index is 309. The smallest absolute Gasteiger partial charge is 0.256 e. The van der Waals surface area contributed by atoms with Gasteiger partial charge in [0.15, 0.2) is 0 Å². The van der Waals surface area contributed by atoms with Gasteiger partial charge in [-0.15, -0.1) is 0 Å². The van der Waals surface area contributed by atoms with Crippen molar-refractivity contribution in [1.82, 2.24) is 0 Å². The largest absolute Gasteiger partial charge is 0.448 e. The third-order valence-electron chi connectivity index (χ3n) is 3.36. The molecule has 0 bridgehead atoms. The highest BCUT2D eigenvalue weighted by Gasteiger charge is 2.25. The summed E-state index contributed by atoms with van der Waals surface area (Å²) in [6.45, 7) is 4.82. The highest BCUT2D eigenvalue weighted by molar-refractivity contribution is 7.51. The number of hydrogen-bond donors (Lipinski definition) is 0.